The molecule has 0 bridgehead atoms. The van der Waals surface area contributed by atoms with Crippen molar-refractivity contribution in [2.45, 2.75) is 13.0 Å². The van der Waals surface area contributed by atoms with Crippen LogP contribution in [-0.4, -0.2) is 23.4 Å². The number of benzene rings is 1. The van der Waals surface area contributed by atoms with Crippen LogP contribution in [0.5, 0.6) is 0 Å². The maximum absolute atomic E-state index is 10.9. The lowest BCUT2D eigenvalue weighted by Crippen LogP contribution is -2.27. The lowest BCUT2D eigenvalue weighted by Gasteiger charge is -2.24. The molecule has 2 rings (SSSR count). The molecule has 0 unspecified atom stereocenters. The smallest absolute Gasteiger partial charge is 0.274 e. The van der Waals surface area contributed by atoms with Crippen LogP contribution < -0.4 is 0 Å². The van der Waals surface area contributed by atoms with Gasteiger partial charge < -0.3 is 4.90 Å². The van der Waals surface area contributed by atoms with Gasteiger partial charge in [-0.3, -0.25) is 10.1 Å². The molecule has 0 N–H and O–H groups in total. The number of nitrogens with zero attached hydrogens (tertiary/aromatic N) is 2. The number of likely N-dealkylation sites (N-methyl/N-ethyl adjacent to an activating group) is 1. The molecule has 0 saturated heterocycles. The Morgan fingerprint density at radius 1 is 1.53 bits per heavy atom. The molecule has 1 aromatic carbocycles. The van der Waals surface area contributed by atoms with Crippen molar-refractivity contribution in [3.05, 3.63) is 37.8 Å². The summed E-state index contributed by atoms with van der Waals surface area (Å²) in [5.74, 6) is 0. The summed E-state index contributed by atoms with van der Waals surface area (Å²) in [5, 5.41) is 10.9. The summed E-state index contributed by atoms with van der Waals surface area (Å²) in [7, 11) is 2.02. The van der Waals surface area contributed by atoms with Gasteiger partial charge in [-0.15, -0.1) is 0 Å². The van der Waals surface area contributed by atoms with Crippen LogP contribution >= 0.6 is 15.9 Å². The van der Waals surface area contributed by atoms with Crippen molar-refractivity contribution in [2.24, 2.45) is 0 Å². The molecule has 0 spiro atoms. The summed E-state index contributed by atoms with van der Waals surface area (Å²) < 4.78 is 0.781. The highest BCUT2D eigenvalue weighted by Crippen LogP contribution is 2.31. The van der Waals surface area contributed by atoms with Crippen molar-refractivity contribution in [2.75, 3.05) is 13.6 Å². The van der Waals surface area contributed by atoms with Gasteiger partial charge in [0.25, 0.3) is 5.69 Å². The number of hydrogen-bond donors (Lipinski definition) is 0. The Morgan fingerprint density at radius 3 is 2.93 bits per heavy atom. The van der Waals surface area contributed by atoms with Gasteiger partial charge in [-0.05, 0) is 25.1 Å². The van der Waals surface area contributed by atoms with E-state index in [1.165, 1.54) is 0 Å². The third-order valence-corrected chi connectivity index (χ3v) is 3.12. The summed E-state index contributed by atoms with van der Waals surface area (Å²) in [5.41, 5.74) is 2.19. The first-order valence-corrected chi connectivity index (χ1v) is 5.51. The topological polar surface area (TPSA) is 46.4 Å². The monoisotopic (exact) mass is 270 g/mol. The van der Waals surface area contributed by atoms with Gasteiger partial charge in [0.15, 0.2) is 0 Å². The minimum atomic E-state index is -0.297. The molecule has 1 aliphatic rings. The van der Waals surface area contributed by atoms with E-state index in [1.807, 2.05) is 13.1 Å². The normalized spacial score (nSPS) is 16.1. The van der Waals surface area contributed by atoms with E-state index in [1.54, 1.807) is 6.07 Å². The fourth-order valence-electron chi connectivity index (χ4n) is 1.94. The third kappa shape index (κ3) is 2.03. The zero-order chi connectivity index (χ0) is 11.0. The Morgan fingerprint density at radius 2 is 2.27 bits per heavy atom. The van der Waals surface area contributed by atoms with Gasteiger partial charge in [-0.25, -0.2) is 0 Å². The maximum Gasteiger partial charge on any atom is 0.274 e. The number of halogens is 1. The lowest BCUT2D eigenvalue weighted by atomic mass is 9.98. The molecule has 80 valence electrons. The first kappa shape index (κ1) is 10.6. The van der Waals surface area contributed by atoms with Gasteiger partial charge in [-0.1, -0.05) is 15.9 Å². The second kappa shape index (κ2) is 3.90. The molecule has 0 aromatic heterocycles. The van der Waals surface area contributed by atoms with Crippen molar-refractivity contribution in [3.63, 3.8) is 0 Å². The summed E-state index contributed by atoms with van der Waals surface area (Å²) in [4.78, 5) is 12.7. The van der Waals surface area contributed by atoms with Crippen molar-refractivity contribution in [1.82, 2.24) is 4.90 Å². The number of rotatable bonds is 1. The quantitative estimate of drug-likeness (QED) is 0.581. The SMILES string of the molecule is CN1CCc2c(cc(Br)cc2[N+](=O)[O-])C1. The Balaban J connectivity index is 2.54. The number of hydrogen-bond acceptors (Lipinski definition) is 3. The van der Waals surface area contributed by atoms with Crippen molar-refractivity contribution < 1.29 is 4.92 Å². The number of nitro benzene ring substituents is 1. The summed E-state index contributed by atoms with van der Waals surface area (Å²) in [6, 6.07) is 3.56. The van der Waals surface area contributed by atoms with E-state index in [9.17, 15) is 10.1 Å². The molecule has 15 heavy (non-hydrogen) atoms. The zero-order valence-corrected chi connectivity index (χ0v) is 9.95. The summed E-state index contributed by atoms with van der Waals surface area (Å²) in [6.45, 7) is 1.67. The van der Waals surface area contributed by atoms with Gasteiger partial charge in [0, 0.05) is 29.2 Å². The standard InChI is InChI=1S/C10H11BrN2O2/c1-12-3-2-9-7(6-12)4-8(11)5-10(9)13(14)15/h4-5H,2-3,6H2,1H3. The van der Waals surface area contributed by atoms with E-state index in [-0.39, 0.29) is 10.6 Å². The largest absolute Gasteiger partial charge is 0.302 e. The molecule has 0 atom stereocenters. The lowest BCUT2D eigenvalue weighted by molar-refractivity contribution is -0.385. The second-order valence-electron chi connectivity index (χ2n) is 3.81. The van der Waals surface area contributed by atoms with Crippen molar-refractivity contribution >= 4 is 21.6 Å². The van der Waals surface area contributed by atoms with E-state index in [4.69, 9.17) is 0 Å². The molecule has 1 heterocycles. The van der Waals surface area contributed by atoms with Gasteiger partial charge in [-0.2, -0.15) is 0 Å². The molecule has 0 fully saturated rings. The molecular formula is C10H11BrN2O2. The Labute approximate surface area is 96.2 Å². The molecule has 0 radical (unpaired) electrons. The minimum Gasteiger partial charge on any atom is -0.302 e. The number of fused-ring (bicyclic) bond motifs is 1. The van der Waals surface area contributed by atoms with E-state index in [0.29, 0.717) is 0 Å². The fourth-order valence-corrected chi connectivity index (χ4v) is 2.44. The Hall–Kier alpha value is -0.940. The predicted molar refractivity (Wildman–Crippen MR) is 60.8 cm³/mol. The van der Waals surface area contributed by atoms with Crippen molar-refractivity contribution in [1.29, 1.82) is 0 Å². The second-order valence-corrected chi connectivity index (χ2v) is 4.72. The summed E-state index contributed by atoms with van der Waals surface area (Å²) >= 11 is 3.31. The van der Waals surface area contributed by atoms with Crippen LogP contribution in [0.2, 0.25) is 0 Å². The molecule has 4 nitrogen and oxygen atoms in total. The van der Waals surface area contributed by atoms with Gasteiger partial charge in [0.05, 0.1) is 4.92 Å². The molecule has 1 aromatic rings. The highest BCUT2D eigenvalue weighted by atomic mass is 79.9. The van der Waals surface area contributed by atoms with Crippen LogP contribution in [0.1, 0.15) is 11.1 Å². The van der Waals surface area contributed by atoms with Gasteiger partial charge >= 0.3 is 0 Å². The third-order valence-electron chi connectivity index (χ3n) is 2.66. The molecule has 0 aliphatic carbocycles. The zero-order valence-electron chi connectivity index (χ0n) is 8.36. The van der Waals surface area contributed by atoms with E-state index >= 15 is 0 Å². The minimum absolute atomic E-state index is 0.243. The Kier molecular flexibility index (Phi) is 2.75. The van der Waals surface area contributed by atoms with Crippen LogP contribution in [0.25, 0.3) is 0 Å². The molecule has 1 aliphatic heterocycles. The average Bonchev–Trinajstić information content (AvgIpc) is 2.15. The first-order valence-electron chi connectivity index (χ1n) is 4.72. The molecule has 0 amide bonds. The van der Waals surface area contributed by atoms with E-state index in [0.717, 1.165) is 35.1 Å². The molecular weight excluding hydrogens is 260 g/mol. The average molecular weight is 271 g/mol. The maximum atomic E-state index is 10.9. The highest BCUT2D eigenvalue weighted by molar-refractivity contribution is 9.10. The fraction of sp³-hybridized carbons (Fsp3) is 0.400. The summed E-state index contributed by atoms with van der Waals surface area (Å²) in [6.07, 6.45) is 0.759. The Bertz CT molecular complexity index is 420. The van der Waals surface area contributed by atoms with Crippen LogP contribution in [0.4, 0.5) is 5.69 Å². The van der Waals surface area contributed by atoms with Crippen LogP contribution in [-0.2, 0) is 13.0 Å². The van der Waals surface area contributed by atoms with Crippen LogP contribution in [0, 0.1) is 10.1 Å². The first-order chi connectivity index (χ1) is 7.08. The highest BCUT2D eigenvalue weighted by Gasteiger charge is 2.23. The van der Waals surface area contributed by atoms with Gasteiger partial charge in [0.1, 0.15) is 0 Å². The van der Waals surface area contributed by atoms with E-state index < -0.39 is 0 Å². The molecule has 5 heteroatoms. The van der Waals surface area contributed by atoms with Gasteiger partial charge in [0.2, 0.25) is 0 Å². The van der Waals surface area contributed by atoms with Crippen LogP contribution in [0.15, 0.2) is 16.6 Å². The van der Waals surface area contributed by atoms with Crippen LogP contribution in [0.3, 0.4) is 0 Å². The van der Waals surface area contributed by atoms with E-state index in [2.05, 4.69) is 20.8 Å². The van der Waals surface area contributed by atoms with Crippen molar-refractivity contribution in [3.8, 4) is 0 Å². The molecule has 0 saturated carbocycles. The number of nitro groups is 1. The predicted octanol–water partition coefficient (Wildman–Crippen LogP) is 2.35.